The molecule has 1 heterocycles. The number of allylic oxidation sites excluding steroid dienone is 1. The molecular formula is C21H22O3. The van der Waals surface area contributed by atoms with Gasteiger partial charge in [0.15, 0.2) is 17.3 Å². The molecule has 0 spiro atoms. The molecule has 1 aliphatic rings. The number of benzene rings is 2. The van der Waals surface area contributed by atoms with Crippen molar-refractivity contribution in [3.05, 3.63) is 65.7 Å². The molecule has 0 amide bonds. The van der Waals surface area contributed by atoms with Crippen molar-refractivity contribution in [2.45, 2.75) is 25.7 Å². The predicted octanol–water partition coefficient (Wildman–Crippen LogP) is 4.91. The number of carbonyl (C=O) groups is 1. The van der Waals surface area contributed by atoms with E-state index in [2.05, 4.69) is 0 Å². The first-order chi connectivity index (χ1) is 11.8. The lowest BCUT2D eigenvalue weighted by molar-refractivity contribution is 0.104. The lowest BCUT2D eigenvalue weighted by Gasteiger charge is -2.15. The molecule has 2 aromatic carbocycles. The van der Waals surface area contributed by atoms with Crippen molar-refractivity contribution in [1.82, 2.24) is 0 Å². The Hall–Kier alpha value is -2.55. The van der Waals surface area contributed by atoms with Gasteiger partial charge in [0, 0.05) is 5.56 Å². The zero-order valence-electron chi connectivity index (χ0n) is 13.7. The highest BCUT2D eigenvalue weighted by molar-refractivity contribution is 6.07. The number of hydrogen-bond acceptors (Lipinski definition) is 3. The first-order valence-corrected chi connectivity index (χ1v) is 8.50. The molecular weight excluding hydrogens is 300 g/mol. The molecule has 0 fully saturated rings. The van der Waals surface area contributed by atoms with Gasteiger partial charge in [-0.05, 0) is 55.5 Å². The largest absolute Gasteiger partial charge is 0.490 e. The molecule has 0 bridgehead atoms. The van der Waals surface area contributed by atoms with Gasteiger partial charge >= 0.3 is 0 Å². The maximum atomic E-state index is 12.4. The maximum Gasteiger partial charge on any atom is 0.185 e. The van der Waals surface area contributed by atoms with Crippen LogP contribution in [0.1, 0.15) is 41.6 Å². The number of ether oxygens (including phenoxy) is 2. The molecule has 24 heavy (non-hydrogen) atoms. The first-order valence-electron chi connectivity index (χ1n) is 8.50. The van der Waals surface area contributed by atoms with Crippen LogP contribution < -0.4 is 9.47 Å². The Morgan fingerprint density at radius 3 is 2.29 bits per heavy atom. The lowest BCUT2D eigenvalue weighted by Crippen LogP contribution is -2.06. The molecule has 0 saturated carbocycles. The van der Waals surface area contributed by atoms with Gasteiger partial charge in [0.2, 0.25) is 0 Å². The Bertz CT molecular complexity index is 704. The number of ketones is 1. The van der Waals surface area contributed by atoms with Crippen LogP contribution in [0.15, 0.2) is 54.6 Å². The first kappa shape index (κ1) is 16.3. The highest BCUT2D eigenvalue weighted by atomic mass is 16.5. The van der Waals surface area contributed by atoms with Crippen molar-refractivity contribution < 1.29 is 14.3 Å². The molecule has 1 aliphatic heterocycles. The molecule has 0 unspecified atom stereocenters. The van der Waals surface area contributed by atoms with Crippen molar-refractivity contribution in [2.75, 3.05) is 13.2 Å². The van der Waals surface area contributed by atoms with E-state index in [4.69, 9.17) is 9.47 Å². The standard InChI is InChI=1S/C21H22O3/c22-19(12-10-17-8-4-3-5-9-17)18-11-13-20-21(16-18)24-15-7-2-1-6-14-23-20/h3-5,8-13,16H,1-2,6-7,14-15H2/b12-10+. The number of fused-ring (bicyclic) bond motifs is 1. The molecule has 0 atom stereocenters. The minimum atomic E-state index is -0.0395. The van der Waals surface area contributed by atoms with Crippen LogP contribution in [0.5, 0.6) is 11.5 Å². The van der Waals surface area contributed by atoms with Gasteiger partial charge in [0.25, 0.3) is 0 Å². The van der Waals surface area contributed by atoms with Crippen molar-refractivity contribution >= 4 is 11.9 Å². The zero-order chi connectivity index (χ0) is 16.6. The minimum Gasteiger partial charge on any atom is -0.490 e. The Kier molecular flexibility index (Phi) is 5.67. The number of hydrogen-bond donors (Lipinski definition) is 0. The van der Waals surface area contributed by atoms with Crippen LogP contribution in [-0.2, 0) is 0 Å². The van der Waals surface area contributed by atoms with E-state index in [9.17, 15) is 4.79 Å². The molecule has 0 aromatic heterocycles. The Balaban J connectivity index is 1.76. The van der Waals surface area contributed by atoms with E-state index >= 15 is 0 Å². The molecule has 124 valence electrons. The third kappa shape index (κ3) is 4.48. The van der Waals surface area contributed by atoms with Crippen LogP contribution in [0.3, 0.4) is 0 Å². The second-order valence-electron chi connectivity index (χ2n) is 5.88. The van der Waals surface area contributed by atoms with E-state index in [1.807, 2.05) is 42.5 Å². The summed E-state index contributed by atoms with van der Waals surface area (Å²) >= 11 is 0. The zero-order valence-corrected chi connectivity index (χ0v) is 13.7. The molecule has 0 radical (unpaired) electrons. The van der Waals surface area contributed by atoms with Crippen molar-refractivity contribution in [2.24, 2.45) is 0 Å². The smallest absolute Gasteiger partial charge is 0.185 e. The van der Waals surface area contributed by atoms with Gasteiger partial charge in [-0.3, -0.25) is 4.79 Å². The van der Waals surface area contributed by atoms with Crippen molar-refractivity contribution in [1.29, 1.82) is 0 Å². The molecule has 3 heteroatoms. The summed E-state index contributed by atoms with van der Waals surface area (Å²) in [5.41, 5.74) is 1.62. The van der Waals surface area contributed by atoms with Gasteiger partial charge in [0.1, 0.15) is 0 Å². The summed E-state index contributed by atoms with van der Waals surface area (Å²) in [6, 6.07) is 15.2. The topological polar surface area (TPSA) is 35.5 Å². The third-order valence-corrected chi connectivity index (χ3v) is 4.01. The fourth-order valence-corrected chi connectivity index (χ4v) is 2.65. The normalized spacial score (nSPS) is 15.2. The summed E-state index contributed by atoms with van der Waals surface area (Å²) in [6.07, 6.45) is 7.83. The summed E-state index contributed by atoms with van der Waals surface area (Å²) in [4.78, 5) is 12.4. The second kappa shape index (κ2) is 8.34. The minimum absolute atomic E-state index is 0.0395. The average molecular weight is 322 g/mol. The van der Waals surface area contributed by atoms with Crippen LogP contribution in [0.2, 0.25) is 0 Å². The van der Waals surface area contributed by atoms with Crippen molar-refractivity contribution in [3.63, 3.8) is 0 Å². The quantitative estimate of drug-likeness (QED) is 0.594. The van der Waals surface area contributed by atoms with Crippen molar-refractivity contribution in [3.8, 4) is 11.5 Å². The van der Waals surface area contributed by atoms with Crippen LogP contribution >= 0.6 is 0 Å². The Labute approximate surface area is 142 Å². The molecule has 3 nitrogen and oxygen atoms in total. The highest BCUT2D eigenvalue weighted by Crippen LogP contribution is 2.30. The van der Waals surface area contributed by atoms with Gasteiger partial charge < -0.3 is 9.47 Å². The van der Waals surface area contributed by atoms with Crippen LogP contribution in [0.25, 0.3) is 6.08 Å². The van der Waals surface area contributed by atoms with E-state index in [-0.39, 0.29) is 5.78 Å². The van der Waals surface area contributed by atoms with Crippen LogP contribution in [-0.4, -0.2) is 19.0 Å². The van der Waals surface area contributed by atoms with E-state index < -0.39 is 0 Å². The summed E-state index contributed by atoms with van der Waals surface area (Å²) in [7, 11) is 0. The fraction of sp³-hybridized carbons (Fsp3) is 0.286. The van der Waals surface area contributed by atoms with Gasteiger partial charge in [-0.2, -0.15) is 0 Å². The monoisotopic (exact) mass is 322 g/mol. The van der Waals surface area contributed by atoms with E-state index in [1.54, 1.807) is 18.2 Å². The second-order valence-corrected chi connectivity index (χ2v) is 5.88. The molecule has 3 rings (SSSR count). The Morgan fingerprint density at radius 2 is 1.54 bits per heavy atom. The van der Waals surface area contributed by atoms with E-state index in [0.717, 1.165) is 30.6 Å². The van der Waals surface area contributed by atoms with Crippen LogP contribution in [0.4, 0.5) is 0 Å². The summed E-state index contributed by atoms with van der Waals surface area (Å²) in [5.74, 6) is 1.35. The average Bonchev–Trinajstić information content (AvgIpc) is 2.64. The molecule has 0 saturated heterocycles. The van der Waals surface area contributed by atoms with Gasteiger partial charge in [-0.25, -0.2) is 0 Å². The highest BCUT2D eigenvalue weighted by Gasteiger charge is 2.11. The van der Waals surface area contributed by atoms with Crippen LogP contribution in [0, 0.1) is 0 Å². The Morgan fingerprint density at radius 1 is 0.833 bits per heavy atom. The van der Waals surface area contributed by atoms with Gasteiger partial charge in [-0.15, -0.1) is 0 Å². The molecule has 0 aliphatic carbocycles. The molecule has 2 aromatic rings. The van der Waals surface area contributed by atoms with Gasteiger partial charge in [-0.1, -0.05) is 36.4 Å². The fourth-order valence-electron chi connectivity index (χ4n) is 2.65. The SMILES string of the molecule is O=C(/C=C/c1ccccc1)c1ccc2c(c1)OCCCCCCO2. The van der Waals surface area contributed by atoms with Gasteiger partial charge in [0.05, 0.1) is 13.2 Å². The number of carbonyl (C=O) groups excluding carboxylic acids is 1. The van der Waals surface area contributed by atoms with E-state index in [1.165, 1.54) is 6.42 Å². The summed E-state index contributed by atoms with van der Waals surface area (Å²) < 4.78 is 11.6. The van der Waals surface area contributed by atoms with E-state index in [0.29, 0.717) is 24.5 Å². The molecule has 0 N–H and O–H groups in total. The maximum absolute atomic E-state index is 12.4. The predicted molar refractivity (Wildman–Crippen MR) is 95.7 cm³/mol. The third-order valence-electron chi connectivity index (χ3n) is 4.01. The summed E-state index contributed by atoms with van der Waals surface area (Å²) in [6.45, 7) is 1.35. The summed E-state index contributed by atoms with van der Waals surface area (Å²) in [5, 5.41) is 0. The number of rotatable bonds is 3. The lowest BCUT2D eigenvalue weighted by atomic mass is 10.1.